The number of benzene rings is 2. The van der Waals surface area contributed by atoms with Gasteiger partial charge in [0.1, 0.15) is 18.2 Å². The summed E-state index contributed by atoms with van der Waals surface area (Å²) in [6, 6.07) is 18.3. The molecule has 27 heavy (non-hydrogen) atoms. The van der Waals surface area contributed by atoms with Crippen LogP contribution in [0.15, 0.2) is 66.4 Å². The normalized spacial score (nSPS) is 11.0. The highest BCUT2D eigenvalue weighted by molar-refractivity contribution is 6.10. The molecule has 0 aliphatic rings. The molecule has 1 aromatic heterocycles. The number of hydrogen-bond acceptors (Lipinski definition) is 4. The molecule has 0 aliphatic carbocycles. The highest BCUT2D eigenvalue weighted by Crippen LogP contribution is 2.24. The van der Waals surface area contributed by atoms with Gasteiger partial charge in [-0.15, -0.1) is 0 Å². The largest absolute Gasteiger partial charge is 0.468 e. The molecule has 3 aromatic rings. The van der Waals surface area contributed by atoms with E-state index in [9.17, 15) is 14.9 Å². The van der Waals surface area contributed by atoms with E-state index < -0.39 is 5.91 Å². The zero-order valence-corrected chi connectivity index (χ0v) is 14.7. The van der Waals surface area contributed by atoms with Crippen molar-refractivity contribution in [3.63, 3.8) is 0 Å². The summed E-state index contributed by atoms with van der Waals surface area (Å²) >= 11 is 0. The van der Waals surface area contributed by atoms with Crippen molar-refractivity contribution in [2.24, 2.45) is 0 Å². The number of nitriles is 1. The summed E-state index contributed by atoms with van der Waals surface area (Å²) in [6.45, 7) is 0.0446. The molecule has 1 heterocycles. The highest BCUT2D eigenvalue weighted by atomic mass is 16.5. The Labute approximate surface area is 156 Å². The van der Waals surface area contributed by atoms with Gasteiger partial charge >= 0.3 is 5.97 Å². The van der Waals surface area contributed by atoms with Crippen molar-refractivity contribution in [1.29, 1.82) is 5.26 Å². The van der Waals surface area contributed by atoms with Gasteiger partial charge in [0.15, 0.2) is 0 Å². The third-order valence-corrected chi connectivity index (χ3v) is 4.04. The van der Waals surface area contributed by atoms with E-state index >= 15 is 0 Å². The Kier molecular flexibility index (Phi) is 5.33. The van der Waals surface area contributed by atoms with Crippen LogP contribution in [-0.2, 0) is 20.9 Å². The van der Waals surface area contributed by atoms with Gasteiger partial charge in [0.25, 0.3) is 5.91 Å². The van der Waals surface area contributed by atoms with E-state index in [1.165, 1.54) is 13.2 Å². The Morgan fingerprint density at radius 3 is 2.56 bits per heavy atom. The molecule has 2 aromatic carbocycles. The number of carbonyl (C=O) groups excluding carboxylic acids is 2. The summed E-state index contributed by atoms with van der Waals surface area (Å²) in [5.41, 5.74) is 2.07. The van der Waals surface area contributed by atoms with Crippen molar-refractivity contribution >= 4 is 34.5 Å². The molecule has 0 saturated carbocycles. The van der Waals surface area contributed by atoms with Crippen molar-refractivity contribution in [3.8, 4) is 6.07 Å². The lowest BCUT2D eigenvalue weighted by atomic mass is 10.1. The van der Waals surface area contributed by atoms with Gasteiger partial charge in [-0.25, -0.2) is 0 Å². The van der Waals surface area contributed by atoms with Gasteiger partial charge in [0, 0.05) is 28.4 Å². The predicted octanol–water partition coefficient (Wildman–Crippen LogP) is 3.36. The monoisotopic (exact) mass is 359 g/mol. The number of methoxy groups -OCH3 is 1. The van der Waals surface area contributed by atoms with E-state index in [-0.39, 0.29) is 18.1 Å². The molecule has 0 fully saturated rings. The SMILES string of the molecule is COC(=O)Cn1cc(C=C(C#N)C(=O)Nc2ccccc2)c2ccccc21. The van der Waals surface area contributed by atoms with Crippen LogP contribution in [0.4, 0.5) is 5.69 Å². The molecule has 1 N–H and O–H groups in total. The maximum absolute atomic E-state index is 12.4. The number of anilines is 1. The number of nitrogens with zero attached hydrogens (tertiary/aromatic N) is 2. The molecule has 134 valence electrons. The summed E-state index contributed by atoms with van der Waals surface area (Å²) in [5, 5.41) is 13.0. The smallest absolute Gasteiger partial charge is 0.325 e. The zero-order valence-electron chi connectivity index (χ0n) is 14.7. The predicted molar refractivity (Wildman–Crippen MR) is 103 cm³/mol. The number of nitrogens with one attached hydrogen (secondary N) is 1. The van der Waals surface area contributed by atoms with Gasteiger partial charge in [0.05, 0.1) is 7.11 Å². The average molecular weight is 359 g/mol. The summed E-state index contributed by atoms with van der Waals surface area (Å²) in [6.07, 6.45) is 3.25. The highest BCUT2D eigenvalue weighted by Gasteiger charge is 2.14. The van der Waals surface area contributed by atoms with E-state index in [0.29, 0.717) is 11.3 Å². The van der Waals surface area contributed by atoms with Crippen LogP contribution in [-0.4, -0.2) is 23.6 Å². The van der Waals surface area contributed by atoms with E-state index in [0.717, 1.165) is 10.9 Å². The Morgan fingerprint density at radius 1 is 1.15 bits per heavy atom. The fourth-order valence-electron chi connectivity index (χ4n) is 2.75. The summed E-state index contributed by atoms with van der Waals surface area (Å²) in [4.78, 5) is 24.1. The molecule has 0 saturated heterocycles. The molecule has 0 aliphatic heterocycles. The van der Waals surface area contributed by atoms with Crippen molar-refractivity contribution in [1.82, 2.24) is 4.57 Å². The van der Waals surface area contributed by atoms with Gasteiger partial charge in [0.2, 0.25) is 0 Å². The first-order chi connectivity index (χ1) is 13.1. The molecule has 0 bridgehead atoms. The number of amides is 1. The number of carbonyl (C=O) groups is 2. The zero-order chi connectivity index (χ0) is 19.2. The second kappa shape index (κ2) is 8.02. The average Bonchev–Trinajstić information content (AvgIpc) is 3.04. The van der Waals surface area contributed by atoms with Crippen LogP contribution in [0.25, 0.3) is 17.0 Å². The van der Waals surface area contributed by atoms with Crippen molar-refractivity contribution < 1.29 is 14.3 Å². The third kappa shape index (κ3) is 4.05. The lowest BCUT2D eigenvalue weighted by Crippen LogP contribution is -2.13. The third-order valence-electron chi connectivity index (χ3n) is 4.04. The molecular formula is C21H17N3O3. The van der Waals surface area contributed by atoms with Crippen LogP contribution in [0.5, 0.6) is 0 Å². The summed E-state index contributed by atoms with van der Waals surface area (Å²) in [7, 11) is 1.33. The Balaban J connectivity index is 1.96. The molecule has 1 amide bonds. The lowest BCUT2D eigenvalue weighted by Gasteiger charge is -2.03. The van der Waals surface area contributed by atoms with E-state index in [2.05, 4.69) is 5.32 Å². The first kappa shape index (κ1) is 18.0. The Morgan fingerprint density at radius 2 is 1.85 bits per heavy atom. The Hall–Kier alpha value is -3.85. The minimum atomic E-state index is -0.492. The lowest BCUT2D eigenvalue weighted by molar-refractivity contribution is -0.141. The quantitative estimate of drug-likeness (QED) is 0.430. The van der Waals surface area contributed by atoms with Gasteiger partial charge < -0.3 is 14.6 Å². The molecule has 0 atom stereocenters. The molecular weight excluding hydrogens is 342 g/mol. The molecule has 0 spiro atoms. The first-order valence-electron chi connectivity index (χ1n) is 8.25. The standard InChI is InChI=1S/C21H17N3O3/c1-27-20(25)14-24-13-16(18-9-5-6-10-19(18)24)11-15(12-22)21(26)23-17-7-3-2-4-8-17/h2-11,13H,14H2,1H3,(H,23,26). The number of esters is 1. The fraction of sp³-hybridized carbons (Fsp3) is 0.0952. The first-order valence-corrected chi connectivity index (χ1v) is 8.25. The van der Waals surface area contributed by atoms with Crippen molar-refractivity contribution in [3.05, 3.63) is 71.9 Å². The molecule has 0 radical (unpaired) electrons. The second-order valence-corrected chi connectivity index (χ2v) is 5.80. The van der Waals surface area contributed by atoms with Crippen LogP contribution >= 0.6 is 0 Å². The second-order valence-electron chi connectivity index (χ2n) is 5.80. The van der Waals surface area contributed by atoms with Crippen molar-refractivity contribution in [2.45, 2.75) is 6.54 Å². The maximum atomic E-state index is 12.4. The van der Waals surface area contributed by atoms with Crippen LogP contribution < -0.4 is 5.32 Å². The molecule has 6 nitrogen and oxygen atoms in total. The maximum Gasteiger partial charge on any atom is 0.325 e. The number of rotatable bonds is 5. The fourth-order valence-corrected chi connectivity index (χ4v) is 2.75. The van der Waals surface area contributed by atoms with Crippen molar-refractivity contribution in [2.75, 3.05) is 12.4 Å². The number of para-hydroxylation sites is 2. The number of hydrogen-bond donors (Lipinski definition) is 1. The van der Waals surface area contributed by atoms with Crippen LogP contribution in [0.3, 0.4) is 0 Å². The summed E-state index contributed by atoms with van der Waals surface area (Å²) in [5.74, 6) is -0.873. The van der Waals surface area contributed by atoms with E-state index in [4.69, 9.17) is 4.74 Å². The van der Waals surface area contributed by atoms with Gasteiger partial charge in [-0.2, -0.15) is 5.26 Å². The number of fused-ring (bicyclic) bond motifs is 1. The van der Waals surface area contributed by atoms with Gasteiger partial charge in [-0.3, -0.25) is 9.59 Å². The topological polar surface area (TPSA) is 84.1 Å². The van der Waals surface area contributed by atoms with Crippen LogP contribution in [0.2, 0.25) is 0 Å². The minimum Gasteiger partial charge on any atom is -0.468 e. The van der Waals surface area contributed by atoms with Gasteiger partial charge in [-0.05, 0) is 24.3 Å². The van der Waals surface area contributed by atoms with E-state index in [1.54, 1.807) is 35.0 Å². The summed E-state index contributed by atoms with van der Waals surface area (Å²) < 4.78 is 6.46. The number of aromatic nitrogens is 1. The minimum absolute atomic E-state index is 0.0279. The molecule has 6 heteroatoms. The van der Waals surface area contributed by atoms with E-state index in [1.807, 2.05) is 36.4 Å². The van der Waals surface area contributed by atoms with Crippen LogP contribution in [0.1, 0.15) is 5.56 Å². The molecule has 0 unspecified atom stereocenters. The van der Waals surface area contributed by atoms with Gasteiger partial charge in [-0.1, -0.05) is 36.4 Å². The molecule has 3 rings (SSSR count). The number of ether oxygens (including phenoxy) is 1. The van der Waals surface area contributed by atoms with Crippen LogP contribution in [0, 0.1) is 11.3 Å². The Bertz CT molecular complexity index is 1060.